The maximum Gasteiger partial charge on any atom is 0.270 e. The quantitative estimate of drug-likeness (QED) is 0.578. The number of non-ortho nitro benzene ring substituents is 1. The van der Waals surface area contributed by atoms with Crippen molar-refractivity contribution < 1.29 is 4.92 Å². The summed E-state index contributed by atoms with van der Waals surface area (Å²) in [7, 11) is 0. The zero-order valence-electron chi connectivity index (χ0n) is 10.8. The van der Waals surface area contributed by atoms with Gasteiger partial charge in [0.1, 0.15) is 0 Å². The molecule has 1 N–H and O–H groups in total. The Morgan fingerprint density at radius 2 is 1.81 bits per heavy atom. The number of rotatable bonds is 3. The van der Waals surface area contributed by atoms with Crippen molar-refractivity contribution in [3.05, 3.63) is 69.7 Å². The van der Waals surface area contributed by atoms with Crippen LogP contribution in [0.15, 0.2) is 54.6 Å². The van der Waals surface area contributed by atoms with E-state index in [9.17, 15) is 10.1 Å². The molecule has 1 aromatic heterocycles. The average molecular weight is 300 g/mol. The van der Waals surface area contributed by atoms with Crippen molar-refractivity contribution >= 4 is 17.3 Å². The van der Waals surface area contributed by atoms with Crippen LogP contribution in [0.3, 0.4) is 0 Å². The lowest BCUT2D eigenvalue weighted by Crippen LogP contribution is -1.88. The molecule has 0 aliphatic heterocycles. The van der Waals surface area contributed by atoms with Crippen LogP contribution in [0.25, 0.3) is 22.5 Å². The molecule has 0 fully saturated rings. The molecule has 5 nitrogen and oxygen atoms in total. The summed E-state index contributed by atoms with van der Waals surface area (Å²) in [6.07, 6.45) is 0. The maximum absolute atomic E-state index is 10.8. The minimum Gasteiger partial charge on any atom is -0.277 e. The van der Waals surface area contributed by atoms with Crippen molar-refractivity contribution in [2.75, 3.05) is 0 Å². The molecule has 3 aromatic rings. The maximum atomic E-state index is 10.8. The zero-order valence-corrected chi connectivity index (χ0v) is 11.5. The van der Waals surface area contributed by atoms with E-state index in [0.717, 1.165) is 11.3 Å². The number of benzene rings is 2. The molecule has 21 heavy (non-hydrogen) atoms. The second kappa shape index (κ2) is 5.38. The first-order valence-electron chi connectivity index (χ1n) is 6.20. The molecule has 0 aliphatic carbocycles. The number of nitro benzene ring substituents is 1. The Balaban J connectivity index is 1.96. The van der Waals surface area contributed by atoms with Gasteiger partial charge in [-0.25, -0.2) is 0 Å². The van der Waals surface area contributed by atoms with Gasteiger partial charge < -0.3 is 0 Å². The van der Waals surface area contributed by atoms with Crippen molar-refractivity contribution in [2.45, 2.75) is 0 Å². The van der Waals surface area contributed by atoms with Gasteiger partial charge in [-0.15, -0.1) is 0 Å². The highest BCUT2D eigenvalue weighted by atomic mass is 35.5. The average Bonchev–Trinajstić information content (AvgIpc) is 2.98. The van der Waals surface area contributed by atoms with Crippen LogP contribution in [0.2, 0.25) is 5.02 Å². The number of nitro groups is 1. The Morgan fingerprint density at radius 3 is 2.52 bits per heavy atom. The molecule has 0 saturated carbocycles. The molecule has 0 bridgehead atoms. The van der Waals surface area contributed by atoms with Crippen LogP contribution in [0, 0.1) is 10.1 Å². The Hall–Kier alpha value is -2.66. The van der Waals surface area contributed by atoms with E-state index in [4.69, 9.17) is 11.6 Å². The molecule has 0 unspecified atom stereocenters. The molecule has 0 amide bonds. The minimum atomic E-state index is -0.420. The molecule has 3 rings (SSSR count). The summed E-state index contributed by atoms with van der Waals surface area (Å²) in [5, 5.41) is 18.6. The van der Waals surface area contributed by atoms with E-state index in [2.05, 4.69) is 10.2 Å². The Morgan fingerprint density at radius 1 is 1.05 bits per heavy atom. The topological polar surface area (TPSA) is 71.8 Å². The smallest absolute Gasteiger partial charge is 0.270 e. The largest absolute Gasteiger partial charge is 0.277 e. The van der Waals surface area contributed by atoms with Gasteiger partial charge in [-0.2, -0.15) is 5.10 Å². The highest BCUT2D eigenvalue weighted by Crippen LogP contribution is 2.26. The fourth-order valence-electron chi connectivity index (χ4n) is 2.03. The van der Waals surface area contributed by atoms with Gasteiger partial charge >= 0.3 is 0 Å². The number of aromatic nitrogens is 2. The monoisotopic (exact) mass is 299 g/mol. The van der Waals surface area contributed by atoms with Crippen molar-refractivity contribution in [2.24, 2.45) is 0 Å². The van der Waals surface area contributed by atoms with E-state index in [1.807, 2.05) is 18.2 Å². The zero-order chi connectivity index (χ0) is 14.8. The predicted octanol–water partition coefficient (Wildman–Crippen LogP) is 4.31. The van der Waals surface area contributed by atoms with Crippen LogP contribution < -0.4 is 0 Å². The molecule has 0 saturated heterocycles. The SMILES string of the molecule is O=[N+]([O-])c1cccc(-c2cc(-c3ccc(Cl)cc3)[nH]n2)c1. The predicted molar refractivity (Wildman–Crippen MR) is 81.1 cm³/mol. The van der Waals surface area contributed by atoms with Crippen molar-refractivity contribution in [1.82, 2.24) is 10.2 Å². The number of aromatic amines is 1. The van der Waals surface area contributed by atoms with E-state index in [1.54, 1.807) is 24.3 Å². The van der Waals surface area contributed by atoms with Crippen LogP contribution >= 0.6 is 11.6 Å². The molecule has 2 aromatic carbocycles. The van der Waals surface area contributed by atoms with Crippen LogP contribution in [-0.4, -0.2) is 15.1 Å². The van der Waals surface area contributed by atoms with Crippen LogP contribution in [-0.2, 0) is 0 Å². The van der Waals surface area contributed by atoms with Gasteiger partial charge in [0.15, 0.2) is 0 Å². The third kappa shape index (κ3) is 2.78. The van der Waals surface area contributed by atoms with Gasteiger partial charge in [-0.05, 0) is 23.8 Å². The lowest BCUT2D eigenvalue weighted by Gasteiger charge is -1.97. The third-order valence-corrected chi connectivity index (χ3v) is 3.34. The van der Waals surface area contributed by atoms with Crippen molar-refractivity contribution in [3.63, 3.8) is 0 Å². The van der Waals surface area contributed by atoms with E-state index in [1.165, 1.54) is 12.1 Å². The number of hydrogen-bond donors (Lipinski definition) is 1. The number of nitrogens with zero attached hydrogens (tertiary/aromatic N) is 2. The third-order valence-electron chi connectivity index (χ3n) is 3.09. The summed E-state index contributed by atoms with van der Waals surface area (Å²) in [6, 6.07) is 15.6. The highest BCUT2D eigenvalue weighted by Gasteiger charge is 2.10. The molecule has 1 heterocycles. The number of halogens is 1. The molecular weight excluding hydrogens is 290 g/mol. The first-order chi connectivity index (χ1) is 10.1. The summed E-state index contributed by atoms with van der Waals surface area (Å²) < 4.78 is 0. The summed E-state index contributed by atoms with van der Waals surface area (Å²) in [6.45, 7) is 0. The van der Waals surface area contributed by atoms with Gasteiger partial charge in [0.25, 0.3) is 5.69 Å². The van der Waals surface area contributed by atoms with E-state index in [-0.39, 0.29) is 5.69 Å². The fourth-order valence-corrected chi connectivity index (χ4v) is 2.15. The molecular formula is C15H10ClN3O2. The number of H-pyrrole nitrogens is 1. The van der Waals surface area contributed by atoms with Gasteiger partial charge in [-0.3, -0.25) is 15.2 Å². The second-order valence-electron chi connectivity index (χ2n) is 4.48. The second-order valence-corrected chi connectivity index (χ2v) is 4.92. The summed E-state index contributed by atoms with van der Waals surface area (Å²) in [5.41, 5.74) is 3.17. The van der Waals surface area contributed by atoms with E-state index in [0.29, 0.717) is 16.3 Å². The van der Waals surface area contributed by atoms with Gasteiger partial charge in [0, 0.05) is 22.7 Å². The molecule has 0 aliphatic rings. The Bertz CT molecular complexity index is 797. The summed E-state index contributed by atoms with van der Waals surface area (Å²) >= 11 is 5.86. The highest BCUT2D eigenvalue weighted by molar-refractivity contribution is 6.30. The van der Waals surface area contributed by atoms with Crippen molar-refractivity contribution in [1.29, 1.82) is 0 Å². The van der Waals surface area contributed by atoms with E-state index < -0.39 is 4.92 Å². The molecule has 0 radical (unpaired) electrons. The number of hydrogen-bond acceptors (Lipinski definition) is 3. The summed E-state index contributed by atoms with van der Waals surface area (Å²) in [4.78, 5) is 10.4. The Labute approximate surface area is 125 Å². The van der Waals surface area contributed by atoms with Crippen LogP contribution in [0.1, 0.15) is 0 Å². The first-order valence-corrected chi connectivity index (χ1v) is 6.57. The van der Waals surface area contributed by atoms with Gasteiger partial charge in [0.05, 0.1) is 16.3 Å². The van der Waals surface area contributed by atoms with Crippen molar-refractivity contribution in [3.8, 4) is 22.5 Å². The summed E-state index contributed by atoms with van der Waals surface area (Å²) in [5.74, 6) is 0. The lowest BCUT2D eigenvalue weighted by molar-refractivity contribution is -0.384. The van der Waals surface area contributed by atoms with Crippen LogP contribution in [0.5, 0.6) is 0 Å². The van der Waals surface area contributed by atoms with Gasteiger partial charge in [0.2, 0.25) is 0 Å². The minimum absolute atomic E-state index is 0.0449. The Kier molecular flexibility index (Phi) is 3.41. The molecule has 104 valence electrons. The van der Waals surface area contributed by atoms with Gasteiger partial charge in [-0.1, -0.05) is 35.9 Å². The van der Waals surface area contributed by atoms with E-state index >= 15 is 0 Å². The molecule has 0 spiro atoms. The normalized spacial score (nSPS) is 10.5. The fraction of sp³-hybridized carbons (Fsp3) is 0. The lowest BCUT2D eigenvalue weighted by atomic mass is 10.1. The standard InChI is InChI=1S/C15H10ClN3O2/c16-12-6-4-10(5-7-12)14-9-15(18-17-14)11-2-1-3-13(8-11)19(20)21/h1-9H,(H,17,18). The molecule has 0 atom stereocenters. The van der Waals surface area contributed by atoms with Crippen LogP contribution in [0.4, 0.5) is 5.69 Å². The first kappa shape index (κ1) is 13.3. The number of nitrogens with one attached hydrogen (secondary N) is 1. The molecule has 6 heteroatoms.